The van der Waals surface area contributed by atoms with Crippen LogP contribution in [0.2, 0.25) is 0 Å². The summed E-state index contributed by atoms with van der Waals surface area (Å²) in [6.07, 6.45) is 3.52. The van der Waals surface area contributed by atoms with Gasteiger partial charge in [0, 0.05) is 122 Å². The summed E-state index contributed by atoms with van der Waals surface area (Å²) >= 11 is 0. The average molecular weight is 901 g/mol. The number of pyridine rings is 1. The van der Waals surface area contributed by atoms with Gasteiger partial charge in [0.25, 0.3) is 11.8 Å². The first-order valence-electron chi connectivity index (χ1n) is 22.2. The molecule has 350 valence electrons. The quantitative estimate of drug-likeness (QED) is 0.123. The van der Waals surface area contributed by atoms with Gasteiger partial charge in [-0.3, -0.25) is 63.0 Å². The predicted octanol–water partition coefficient (Wildman–Crippen LogP) is -0.397. The molecule has 3 aromatic rings. The number of hydrogen-bond acceptors (Lipinski definition) is 13. The molecule has 4 heterocycles. The molecule has 0 radical (unpaired) electrons. The van der Waals surface area contributed by atoms with Crippen LogP contribution >= 0.6 is 0 Å². The smallest absolute Gasteiger partial charge is 0.317 e. The van der Waals surface area contributed by atoms with E-state index < -0.39 is 17.9 Å². The van der Waals surface area contributed by atoms with Crippen molar-refractivity contribution >= 4 is 52.4 Å². The van der Waals surface area contributed by atoms with E-state index in [0.29, 0.717) is 127 Å². The number of nitrogens with one attached hydrogen (secondary N) is 2. The minimum absolute atomic E-state index is 0.0641. The second-order valence-corrected chi connectivity index (χ2v) is 16.7. The number of likely N-dealkylation sites (tertiary alicyclic amines) is 1. The van der Waals surface area contributed by atoms with E-state index in [2.05, 4.69) is 20.5 Å². The molecule has 5 N–H and O–H groups in total. The Labute approximate surface area is 377 Å². The summed E-state index contributed by atoms with van der Waals surface area (Å²) in [6, 6.07) is 14.5. The average Bonchev–Trinajstić information content (AvgIpc) is 3.84. The number of hydrogen-bond donors (Lipinski definition) is 5. The third kappa shape index (κ3) is 14.7. The van der Waals surface area contributed by atoms with Crippen molar-refractivity contribution in [3.63, 3.8) is 0 Å². The van der Waals surface area contributed by atoms with Crippen LogP contribution in [0.4, 0.5) is 0 Å². The highest BCUT2D eigenvalue weighted by molar-refractivity contribution is 6.07. The molecule has 0 saturated carbocycles. The molecule has 20 nitrogen and oxygen atoms in total. The second-order valence-electron chi connectivity index (χ2n) is 16.7. The van der Waals surface area contributed by atoms with Gasteiger partial charge in [-0.1, -0.05) is 18.2 Å². The fraction of sp³-hybridized carbons (Fsp3) is 0.511. The number of rotatable bonds is 16. The van der Waals surface area contributed by atoms with Crippen LogP contribution in [0.15, 0.2) is 54.7 Å². The van der Waals surface area contributed by atoms with Gasteiger partial charge < -0.3 is 35.8 Å². The second kappa shape index (κ2) is 23.7. The normalized spacial score (nSPS) is 17.8. The Hall–Kier alpha value is -6.06. The van der Waals surface area contributed by atoms with Crippen molar-refractivity contribution in [2.45, 2.75) is 12.8 Å². The van der Waals surface area contributed by atoms with Gasteiger partial charge in [-0.2, -0.15) is 0 Å². The van der Waals surface area contributed by atoms with Crippen LogP contribution in [-0.4, -0.2) is 234 Å². The molecule has 2 aromatic carbocycles. The Morgan fingerprint density at radius 3 is 1.54 bits per heavy atom. The summed E-state index contributed by atoms with van der Waals surface area (Å²) in [4.78, 5) is 104. The first-order valence-corrected chi connectivity index (χ1v) is 22.2. The molecule has 3 fully saturated rings. The van der Waals surface area contributed by atoms with Crippen molar-refractivity contribution in [3.8, 4) is 11.1 Å². The molecule has 3 aliphatic rings. The number of aromatic nitrogens is 1. The number of benzene rings is 2. The van der Waals surface area contributed by atoms with Crippen LogP contribution in [0.1, 0.15) is 33.6 Å². The predicted molar refractivity (Wildman–Crippen MR) is 239 cm³/mol. The number of carboxylic acid groups (broad SMARTS) is 3. The highest BCUT2D eigenvalue weighted by atomic mass is 16.4. The lowest BCUT2D eigenvalue weighted by Gasteiger charge is -2.37. The molecule has 0 bridgehead atoms. The summed E-state index contributed by atoms with van der Waals surface area (Å²) < 4.78 is 0. The van der Waals surface area contributed by atoms with Crippen LogP contribution in [0.3, 0.4) is 0 Å². The van der Waals surface area contributed by atoms with Crippen molar-refractivity contribution in [2.75, 3.05) is 137 Å². The number of aliphatic carboxylic acids is 3. The number of nitrogens with zero attached hydrogens (tertiary/aromatic N) is 8. The first kappa shape index (κ1) is 48.4. The fourth-order valence-corrected chi connectivity index (χ4v) is 8.39. The van der Waals surface area contributed by atoms with Gasteiger partial charge in [0.2, 0.25) is 11.8 Å². The third-order valence-electron chi connectivity index (χ3n) is 12.1. The van der Waals surface area contributed by atoms with Crippen LogP contribution in [-0.2, 0) is 24.0 Å². The molecule has 65 heavy (non-hydrogen) atoms. The van der Waals surface area contributed by atoms with Gasteiger partial charge in [0.05, 0.1) is 43.8 Å². The van der Waals surface area contributed by atoms with E-state index in [0.717, 1.165) is 24.0 Å². The van der Waals surface area contributed by atoms with Crippen molar-refractivity contribution in [1.82, 2.24) is 49.9 Å². The zero-order chi connectivity index (χ0) is 46.3. The summed E-state index contributed by atoms with van der Waals surface area (Å²) in [5.41, 5.74) is 3.25. The maximum Gasteiger partial charge on any atom is 0.317 e. The largest absolute Gasteiger partial charge is 0.480 e. The number of carbonyl (C=O) groups is 7. The van der Waals surface area contributed by atoms with Crippen LogP contribution in [0.5, 0.6) is 0 Å². The Morgan fingerprint density at radius 2 is 1.00 bits per heavy atom. The number of fused-ring (bicyclic) bond motifs is 1. The van der Waals surface area contributed by atoms with Gasteiger partial charge in [0.1, 0.15) is 0 Å². The topological polar surface area (TPSA) is 240 Å². The molecule has 3 saturated heterocycles. The highest BCUT2D eigenvalue weighted by Gasteiger charge is 2.26. The van der Waals surface area contributed by atoms with Crippen LogP contribution in [0.25, 0.3) is 22.0 Å². The zero-order valence-corrected chi connectivity index (χ0v) is 36.7. The number of carbonyl (C=O) groups excluding carboxylic acids is 4. The van der Waals surface area contributed by atoms with Gasteiger partial charge >= 0.3 is 17.9 Å². The molecule has 0 unspecified atom stereocenters. The molecule has 3 aliphatic heterocycles. The van der Waals surface area contributed by atoms with Gasteiger partial charge in [-0.15, -0.1) is 0 Å². The number of amides is 4. The Bertz CT molecular complexity index is 2130. The Kier molecular flexibility index (Phi) is 17.7. The number of piperazine rings is 1. The van der Waals surface area contributed by atoms with E-state index in [-0.39, 0.29) is 56.4 Å². The molecule has 20 heteroatoms. The maximum absolute atomic E-state index is 13.6. The fourth-order valence-electron chi connectivity index (χ4n) is 8.39. The van der Waals surface area contributed by atoms with Gasteiger partial charge in [-0.05, 0) is 54.3 Å². The van der Waals surface area contributed by atoms with Gasteiger partial charge in [-0.25, -0.2) is 0 Å². The maximum atomic E-state index is 13.6. The molecule has 0 spiro atoms. The zero-order valence-electron chi connectivity index (χ0n) is 36.7. The van der Waals surface area contributed by atoms with Gasteiger partial charge in [0.15, 0.2) is 0 Å². The first-order chi connectivity index (χ1) is 31.3. The monoisotopic (exact) mass is 900 g/mol. The molecular formula is C45H60N10O10. The lowest BCUT2D eigenvalue weighted by atomic mass is 9.99. The lowest BCUT2D eigenvalue weighted by Crippen LogP contribution is -2.53. The SMILES string of the molecule is O=C(O)CN1CCN(CC(=O)O)CCN(CC(=O)N2CCN(CCNC(=O)c3ccc(-c4ccc5nccc(C(=O)NCC(=O)N6CCCC6)c5c4)cc3)CC2)CCN(CC(=O)O)CC1. The molecule has 1 aromatic heterocycles. The van der Waals surface area contributed by atoms with Crippen molar-refractivity contribution in [1.29, 1.82) is 0 Å². The Balaban J connectivity index is 0.960. The third-order valence-corrected chi connectivity index (χ3v) is 12.1. The molecule has 0 atom stereocenters. The molecule has 0 aliphatic carbocycles. The van der Waals surface area contributed by atoms with E-state index >= 15 is 0 Å². The Morgan fingerprint density at radius 1 is 0.508 bits per heavy atom. The van der Waals surface area contributed by atoms with Crippen molar-refractivity contribution in [2.24, 2.45) is 0 Å². The minimum atomic E-state index is -1.02. The summed E-state index contributed by atoms with van der Waals surface area (Å²) in [5, 5.41) is 34.8. The van der Waals surface area contributed by atoms with E-state index in [1.807, 2.05) is 35.2 Å². The molecular weight excluding hydrogens is 841 g/mol. The molecule has 6 rings (SSSR count). The summed E-state index contributed by atoms with van der Waals surface area (Å²) in [6.45, 7) is 6.54. The number of carboxylic acids is 3. The van der Waals surface area contributed by atoms with E-state index in [1.165, 1.54) is 0 Å². The van der Waals surface area contributed by atoms with Crippen molar-refractivity contribution < 1.29 is 48.9 Å². The highest BCUT2D eigenvalue weighted by Crippen LogP contribution is 2.26. The van der Waals surface area contributed by atoms with E-state index in [4.69, 9.17) is 0 Å². The lowest BCUT2D eigenvalue weighted by molar-refractivity contribution is -0.141. The van der Waals surface area contributed by atoms with Crippen LogP contribution in [0, 0.1) is 0 Å². The molecule has 4 amide bonds. The minimum Gasteiger partial charge on any atom is -0.480 e. The van der Waals surface area contributed by atoms with E-state index in [1.54, 1.807) is 48.9 Å². The summed E-state index contributed by atoms with van der Waals surface area (Å²) in [5.74, 6) is -3.79. The summed E-state index contributed by atoms with van der Waals surface area (Å²) in [7, 11) is 0. The van der Waals surface area contributed by atoms with E-state index in [9.17, 15) is 48.9 Å². The standard InChI is InChI=1S/C45H60N10O10/c56-39(54-12-1-2-13-54)28-48-45(65)36-9-10-46-38-8-7-35(27-37(36)38)33-3-5-34(6-4-33)44(64)47-11-14-49-23-25-55(26-24-49)40(57)29-50-15-17-51(30-41(58)59)19-21-53(32-43(62)63)22-20-52(18-16-50)31-42(60)61/h3-10,27H,1-2,11-26,28-32H2,(H,47,64)(H,48,65)(H,58,59)(H,60,61)(H,62,63). The van der Waals surface area contributed by atoms with Crippen molar-refractivity contribution in [3.05, 3.63) is 65.9 Å². The van der Waals surface area contributed by atoms with Crippen LogP contribution < -0.4 is 10.6 Å².